The molecule has 2 aromatic carbocycles. The van der Waals surface area contributed by atoms with Crippen molar-refractivity contribution in [2.45, 2.75) is 50.7 Å². The molecule has 1 spiro atoms. The van der Waals surface area contributed by atoms with Crippen molar-refractivity contribution in [3.05, 3.63) is 65.2 Å². The van der Waals surface area contributed by atoms with Crippen molar-refractivity contribution in [2.24, 2.45) is 5.92 Å². The molecule has 1 unspecified atom stereocenters. The van der Waals surface area contributed by atoms with Gasteiger partial charge < -0.3 is 10.2 Å². The molecule has 1 aliphatic heterocycles. The number of nitrogens with one attached hydrogen (secondary N) is 2. The number of tetrazole rings is 1. The normalized spacial score (nSPS) is 21.5. The summed E-state index contributed by atoms with van der Waals surface area (Å²) in [6.45, 7) is 2.24. The summed E-state index contributed by atoms with van der Waals surface area (Å²) < 4.78 is 0. The zero-order chi connectivity index (χ0) is 24.9. The van der Waals surface area contributed by atoms with Gasteiger partial charge in [0.1, 0.15) is 12.1 Å². The van der Waals surface area contributed by atoms with Gasteiger partial charge in [0, 0.05) is 18.2 Å². The average Bonchev–Trinajstić information content (AvgIpc) is 3.39. The lowest BCUT2D eigenvalue weighted by atomic mass is 9.91. The fraction of sp³-hybridized carbons (Fsp3) is 0.385. The number of nitrogens with zero attached hydrogens (tertiary/aromatic N) is 5. The molecule has 0 radical (unpaired) electrons. The van der Waals surface area contributed by atoms with Crippen LogP contribution in [-0.4, -0.2) is 60.9 Å². The predicted molar refractivity (Wildman–Crippen MR) is 129 cm³/mol. The number of carbonyl (C=O) groups excluding carboxylic acids is 3. The molecule has 36 heavy (non-hydrogen) atoms. The van der Waals surface area contributed by atoms with Crippen LogP contribution in [0, 0.1) is 5.92 Å². The second kappa shape index (κ2) is 8.54. The summed E-state index contributed by atoms with van der Waals surface area (Å²) in [7, 11) is 0. The zero-order valence-electron chi connectivity index (χ0n) is 20.0. The van der Waals surface area contributed by atoms with E-state index in [1.807, 2.05) is 53.4 Å². The number of rotatable bonds is 7. The zero-order valence-corrected chi connectivity index (χ0v) is 20.0. The molecule has 1 saturated heterocycles. The smallest absolute Gasteiger partial charge is 0.325 e. The van der Waals surface area contributed by atoms with Gasteiger partial charge in [-0.3, -0.25) is 14.5 Å². The number of aromatic amines is 1. The van der Waals surface area contributed by atoms with Gasteiger partial charge in [-0.1, -0.05) is 42.5 Å². The summed E-state index contributed by atoms with van der Waals surface area (Å²) in [5.74, 6) is 0.341. The van der Waals surface area contributed by atoms with Crippen LogP contribution in [0.5, 0.6) is 0 Å². The molecule has 184 valence electrons. The number of H-pyrrole nitrogens is 1. The van der Waals surface area contributed by atoms with Gasteiger partial charge >= 0.3 is 6.03 Å². The first-order valence-corrected chi connectivity index (χ1v) is 12.3. The van der Waals surface area contributed by atoms with E-state index in [4.69, 9.17) is 0 Å². The van der Waals surface area contributed by atoms with Crippen LogP contribution in [0.3, 0.4) is 0 Å². The fourth-order valence-corrected chi connectivity index (χ4v) is 5.52. The van der Waals surface area contributed by atoms with Gasteiger partial charge in [0.05, 0.1) is 0 Å². The highest BCUT2D eigenvalue weighted by molar-refractivity contribution is 6.10. The molecular formula is C26H27N7O3. The molecule has 6 rings (SSSR count). The molecule has 10 nitrogen and oxygen atoms in total. The van der Waals surface area contributed by atoms with E-state index < -0.39 is 11.6 Å². The summed E-state index contributed by atoms with van der Waals surface area (Å²) in [5, 5.41) is 17.0. The summed E-state index contributed by atoms with van der Waals surface area (Å²) in [5.41, 5.74) is 2.38. The van der Waals surface area contributed by atoms with E-state index in [9.17, 15) is 14.4 Å². The average molecular weight is 486 g/mol. The molecule has 2 atom stereocenters. The van der Waals surface area contributed by atoms with E-state index in [0.717, 1.165) is 40.0 Å². The van der Waals surface area contributed by atoms with Crippen LogP contribution in [0.1, 0.15) is 42.9 Å². The third kappa shape index (κ3) is 3.73. The maximum absolute atomic E-state index is 13.7. The Morgan fingerprint density at radius 1 is 1.19 bits per heavy atom. The van der Waals surface area contributed by atoms with Crippen LogP contribution in [0.25, 0.3) is 11.4 Å². The van der Waals surface area contributed by atoms with Crippen molar-refractivity contribution < 1.29 is 14.4 Å². The Balaban J connectivity index is 1.23. The molecular weight excluding hydrogens is 458 g/mol. The second-order valence-corrected chi connectivity index (χ2v) is 9.92. The van der Waals surface area contributed by atoms with E-state index >= 15 is 0 Å². The predicted octanol–water partition coefficient (Wildman–Crippen LogP) is 2.39. The highest BCUT2D eigenvalue weighted by Crippen LogP contribution is 2.42. The molecule has 1 aromatic heterocycles. The number of carbonyl (C=O) groups is 3. The van der Waals surface area contributed by atoms with Crippen LogP contribution >= 0.6 is 0 Å². The van der Waals surface area contributed by atoms with E-state index in [0.29, 0.717) is 31.1 Å². The molecule has 2 heterocycles. The van der Waals surface area contributed by atoms with E-state index in [1.54, 1.807) is 0 Å². The van der Waals surface area contributed by atoms with Crippen LogP contribution in [0.4, 0.5) is 4.79 Å². The minimum atomic E-state index is -1.14. The lowest BCUT2D eigenvalue weighted by molar-refractivity contribution is -0.141. The number of urea groups is 1. The standard InChI is InChI=1S/C26H27N7O3/c1-16(18-7-8-18)32(14-17-5-3-2-4-6-17)22(34)15-33-24(35)26(27-25(33)36)12-11-19-13-20(9-10-21(19)26)23-28-30-31-29-23/h2-6,9-10,13,16,18H,7-8,11-12,14-15H2,1H3,(H,27,36)(H,28,29,30,31)/t16-,26?/m0/s1. The third-order valence-corrected chi connectivity index (χ3v) is 7.72. The van der Waals surface area contributed by atoms with Crippen molar-refractivity contribution in [1.29, 1.82) is 0 Å². The summed E-state index contributed by atoms with van der Waals surface area (Å²) >= 11 is 0. The van der Waals surface area contributed by atoms with Crippen molar-refractivity contribution in [1.82, 2.24) is 35.7 Å². The second-order valence-electron chi connectivity index (χ2n) is 9.92. The number of amides is 4. The van der Waals surface area contributed by atoms with Gasteiger partial charge in [0.2, 0.25) is 11.7 Å². The topological polar surface area (TPSA) is 124 Å². The summed E-state index contributed by atoms with van der Waals surface area (Å²) in [6.07, 6.45) is 3.25. The Kier molecular flexibility index (Phi) is 5.31. The first-order valence-electron chi connectivity index (χ1n) is 12.3. The number of aryl methyl sites for hydroxylation is 1. The van der Waals surface area contributed by atoms with Crippen molar-refractivity contribution in [2.75, 3.05) is 6.54 Å². The Bertz CT molecular complexity index is 1320. The Morgan fingerprint density at radius 3 is 2.72 bits per heavy atom. The molecule has 3 aliphatic rings. The molecule has 1 saturated carbocycles. The molecule has 3 aromatic rings. The first kappa shape index (κ1) is 22.4. The minimum absolute atomic E-state index is 0.0446. The monoisotopic (exact) mass is 485 g/mol. The number of imide groups is 1. The van der Waals surface area contributed by atoms with Crippen LogP contribution in [-0.2, 0) is 28.1 Å². The highest BCUT2D eigenvalue weighted by Gasteiger charge is 2.56. The van der Waals surface area contributed by atoms with Crippen LogP contribution in [0.2, 0.25) is 0 Å². The Labute approximate surface area is 208 Å². The summed E-state index contributed by atoms with van der Waals surface area (Å²) in [4.78, 5) is 43.1. The van der Waals surface area contributed by atoms with Crippen molar-refractivity contribution >= 4 is 17.8 Å². The van der Waals surface area contributed by atoms with Gasteiger partial charge in [-0.05, 0) is 66.5 Å². The summed E-state index contributed by atoms with van der Waals surface area (Å²) in [6, 6.07) is 14.9. The van der Waals surface area contributed by atoms with Crippen molar-refractivity contribution in [3.63, 3.8) is 0 Å². The number of hydrogen-bond donors (Lipinski definition) is 2. The highest BCUT2D eigenvalue weighted by atomic mass is 16.2. The van der Waals surface area contributed by atoms with Crippen molar-refractivity contribution in [3.8, 4) is 11.4 Å². The Morgan fingerprint density at radius 2 is 2.00 bits per heavy atom. The third-order valence-electron chi connectivity index (χ3n) is 7.72. The largest absolute Gasteiger partial charge is 0.334 e. The van der Waals surface area contributed by atoms with E-state index in [-0.39, 0.29) is 24.4 Å². The van der Waals surface area contributed by atoms with Crippen LogP contribution in [0.15, 0.2) is 48.5 Å². The van der Waals surface area contributed by atoms with Gasteiger partial charge in [-0.15, -0.1) is 10.2 Å². The SMILES string of the molecule is C[C@@H](C1CC1)N(Cc1ccccc1)C(=O)CN1C(=O)NC2(CCc3cc(-c4nn[nH]n4)ccc32)C1=O. The minimum Gasteiger partial charge on any atom is -0.334 e. The van der Waals surface area contributed by atoms with Gasteiger partial charge in [0.25, 0.3) is 5.91 Å². The fourth-order valence-electron chi connectivity index (χ4n) is 5.52. The number of aromatic nitrogens is 4. The number of hydrogen-bond acceptors (Lipinski definition) is 6. The maximum Gasteiger partial charge on any atom is 0.325 e. The molecule has 2 N–H and O–H groups in total. The quantitative estimate of drug-likeness (QED) is 0.495. The van der Waals surface area contributed by atoms with E-state index in [1.165, 1.54) is 0 Å². The number of fused-ring (bicyclic) bond motifs is 2. The van der Waals surface area contributed by atoms with Crippen LogP contribution < -0.4 is 5.32 Å². The molecule has 4 amide bonds. The number of benzene rings is 2. The molecule has 2 aliphatic carbocycles. The lowest BCUT2D eigenvalue weighted by Gasteiger charge is -2.31. The maximum atomic E-state index is 13.7. The lowest BCUT2D eigenvalue weighted by Crippen LogP contribution is -2.47. The van der Waals surface area contributed by atoms with Gasteiger partial charge in [-0.25, -0.2) is 4.79 Å². The molecule has 0 bridgehead atoms. The van der Waals surface area contributed by atoms with E-state index in [2.05, 4.69) is 32.9 Å². The first-order chi connectivity index (χ1) is 17.5. The van der Waals surface area contributed by atoms with Gasteiger partial charge in [0.15, 0.2) is 0 Å². The molecule has 10 heteroatoms. The Hall–Kier alpha value is -4.08. The van der Waals surface area contributed by atoms with Gasteiger partial charge in [-0.2, -0.15) is 5.21 Å². The molecule has 2 fully saturated rings.